The molecule has 0 saturated heterocycles. The van der Waals surface area contributed by atoms with Crippen molar-refractivity contribution in [3.05, 3.63) is 23.8 Å². The van der Waals surface area contributed by atoms with Gasteiger partial charge in [0.2, 0.25) is 0 Å². The van der Waals surface area contributed by atoms with Gasteiger partial charge in [-0.1, -0.05) is 6.07 Å². The van der Waals surface area contributed by atoms with Gasteiger partial charge in [0.1, 0.15) is 0 Å². The monoisotopic (exact) mass is 350 g/mol. The Morgan fingerprint density at radius 2 is 1.92 bits per heavy atom. The largest absolute Gasteiger partial charge is 0.493 e. The van der Waals surface area contributed by atoms with E-state index in [0.717, 1.165) is 55.6 Å². The summed E-state index contributed by atoms with van der Waals surface area (Å²) in [6.07, 6.45) is 8.51. The number of benzene rings is 1. The molecule has 2 fully saturated rings. The molecule has 5 heteroatoms. The first kappa shape index (κ1) is 18.9. The van der Waals surface area contributed by atoms with Crippen LogP contribution in [-0.2, 0) is 5.41 Å². The average molecular weight is 351 g/mol. The number of nitriles is 1. The van der Waals surface area contributed by atoms with Crippen molar-refractivity contribution in [2.24, 2.45) is 5.73 Å². The molecule has 2 aliphatic rings. The summed E-state index contributed by atoms with van der Waals surface area (Å²) in [5, 5.41) is 9.84. The molecule has 132 valence electrons. The molecule has 2 N–H and O–H groups in total. The van der Waals surface area contributed by atoms with E-state index in [1.807, 2.05) is 18.2 Å². The van der Waals surface area contributed by atoms with Crippen LogP contribution in [0.3, 0.4) is 0 Å². The van der Waals surface area contributed by atoms with E-state index in [-0.39, 0.29) is 24.6 Å². The maximum absolute atomic E-state index is 9.84. The van der Waals surface area contributed by atoms with Crippen LogP contribution in [0.5, 0.6) is 11.5 Å². The second-order valence-corrected chi connectivity index (χ2v) is 6.94. The minimum absolute atomic E-state index is 0. The molecule has 2 atom stereocenters. The van der Waals surface area contributed by atoms with Gasteiger partial charge < -0.3 is 15.2 Å². The zero-order valence-electron chi connectivity index (χ0n) is 14.3. The standard InChI is InChI=1S/C19H26N2O2.ClH/c1-22-17-9-8-14(11-18(17)23-16-6-2-3-7-16)19(13-20)10-4-5-15(21)12-19;/h8-9,11,15-16H,2-7,10,12,21H2,1H3;1H/t15-,19-;/m1./s1. The summed E-state index contributed by atoms with van der Waals surface area (Å²) in [4.78, 5) is 0. The van der Waals surface area contributed by atoms with Crippen LogP contribution in [0, 0.1) is 11.3 Å². The van der Waals surface area contributed by atoms with Crippen molar-refractivity contribution in [1.29, 1.82) is 5.26 Å². The van der Waals surface area contributed by atoms with E-state index in [1.165, 1.54) is 12.8 Å². The lowest BCUT2D eigenvalue weighted by Crippen LogP contribution is -2.38. The van der Waals surface area contributed by atoms with E-state index in [2.05, 4.69) is 6.07 Å². The highest BCUT2D eigenvalue weighted by molar-refractivity contribution is 5.85. The average Bonchev–Trinajstić information content (AvgIpc) is 3.07. The molecule has 0 heterocycles. The van der Waals surface area contributed by atoms with E-state index >= 15 is 0 Å². The Morgan fingerprint density at radius 1 is 1.17 bits per heavy atom. The first-order valence-corrected chi connectivity index (χ1v) is 8.69. The molecule has 24 heavy (non-hydrogen) atoms. The molecule has 1 aromatic rings. The van der Waals surface area contributed by atoms with Crippen LogP contribution in [0.4, 0.5) is 0 Å². The fourth-order valence-corrected chi connectivity index (χ4v) is 4.00. The van der Waals surface area contributed by atoms with Crippen molar-refractivity contribution in [3.8, 4) is 17.6 Å². The maximum atomic E-state index is 9.84. The Labute approximate surface area is 150 Å². The second-order valence-electron chi connectivity index (χ2n) is 6.94. The van der Waals surface area contributed by atoms with E-state index in [4.69, 9.17) is 15.2 Å². The minimum atomic E-state index is -0.488. The lowest BCUT2D eigenvalue weighted by Gasteiger charge is -2.35. The number of nitrogens with zero attached hydrogens (tertiary/aromatic N) is 1. The Bertz CT molecular complexity index is 596. The summed E-state index contributed by atoms with van der Waals surface area (Å²) >= 11 is 0. The number of rotatable bonds is 4. The fraction of sp³-hybridized carbons (Fsp3) is 0.632. The van der Waals surface area contributed by atoms with Crippen molar-refractivity contribution in [3.63, 3.8) is 0 Å². The van der Waals surface area contributed by atoms with Crippen LogP contribution in [0.15, 0.2) is 18.2 Å². The van der Waals surface area contributed by atoms with Gasteiger partial charge in [-0.15, -0.1) is 12.4 Å². The molecule has 2 aliphatic carbocycles. The Morgan fingerprint density at radius 3 is 2.54 bits per heavy atom. The molecule has 0 aromatic heterocycles. The molecule has 0 radical (unpaired) electrons. The van der Waals surface area contributed by atoms with Gasteiger partial charge in [0.25, 0.3) is 0 Å². The highest BCUT2D eigenvalue weighted by atomic mass is 35.5. The zero-order chi connectivity index (χ0) is 16.3. The summed E-state index contributed by atoms with van der Waals surface area (Å²) < 4.78 is 11.6. The molecule has 0 amide bonds. The molecule has 0 spiro atoms. The Hall–Kier alpha value is -1.44. The van der Waals surface area contributed by atoms with Crippen molar-refractivity contribution >= 4 is 12.4 Å². The molecule has 4 nitrogen and oxygen atoms in total. The molecule has 2 saturated carbocycles. The summed E-state index contributed by atoms with van der Waals surface area (Å²) in [5.41, 5.74) is 6.67. The normalized spacial score (nSPS) is 27.1. The lowest BCUT2D eigenvalue weighted by atomic mass is 9.69. The van der Waals surface area contributed by atoms with Crippen molar-refractivity contribution < 1.29 is 9.47 Å². The van der Waals surface area contributed by atoms with Gasteiger partial charge in [0.05, 0.1) is 24.7 Å². The van der Waals surface area contributed by atoms with Gasteiger partial charge in [-0.25, -0.2) is 0 Å². The van der Waals surface area contributed by atoms with Crippen LogP contribution in [0.2, 0.25) is 0 Å². The smallest absolute Gasteiger partial charge is 0.161 e. The summed E-state index contributed by atoms with van der Waals surface area (Å²) in [5.74, 6) is 1.51. The molecule has 0 bridgehead atoms. The third-order valence-electron chi connectivity index (χ3n) is 5.32. The van der Waals surface area contributed by atoms with Gasteiger partial charge in [-0.2, -0.15) is 5.26 Å². The number of ether oxygens (including phenoxy) is 2. The zero-order valence-corrected chi connectivity index (χ0v) is 15.1. The van der Waals surface area contributed by atoms with E-state index in [9.17, 15) is 5.26 Å². The molecule has 1 aromatic carbocycles. The quantitative estimate of drug-likeness (QED) is 0.887. The van der Waals surface area contributed by atoms with Crippen molar-refractivity contribution in [2.75, 3.05) is 7.11 Å². The number of hydrogen-bond acceptors (Lipinski definition) is 4. The maximum Gasteiger partial charge on any atom is 0.161 e. The lowest BCUT2D eigenvalue weighted by molar-refractivity contribution is 0.200. The number of methoxy groups -OCH3 is 1. The van der Waals surface area contributed by atoms with Crippen molar-refractivity contribution in [1.82, 2.24) is 0 Å². The third kappa shape index (κ3) is 3.79. The van der Waals surface area contributed by atoms with Gasteiger partial charge in [0.15, 0.2) is 11.5 Å². The minimum Gasteiger partial charge on any atom is -0.493 e. The first-order chi connectivity index (χ1) is 11.2. The Kier molecular flexibility index (Phi) is 6.37. The van der Waals surface area contributed by atoms with E-state index in [1.54, 1.807) is 7.11 Å². The summed E-state index contributed by atoms with van der Waals surface area (Å²) in [6.45, 7) is 0. The second kappa shape index (κ2) is 8.09. The number of halogens is 1. The van der Waals surface area contributed by atoms with Crippen molar-refractivity contribution in [2.45, 2.75) is 68.9 Å². The van der Waals surface area contributed by atoms with E-state index < -0.39 is 5.41 Å². The molecular weight excluding hydrogens is 324 g/mol. The fourth-order valence-electron chi connectivity index (χ4n) is 4.00. The molecular formula is C19H27ClN2O2. The van der Waals surface area contributed by atoms with Gasteiger partial charge in [-0.05, 0) is 69.1 Å². The third-order valence-corrected chi connectivity index (χ3v) is 5.32. The summed E-state index contributed by atoms with van der Waals surface area (Å²) in [6, 6.07) is 8.59. The van der Waals surface area contributed by atoms with Crippen LogP contribution in [-0.4, -0.2) is 19.3 Å². The highest BCUT2D eigenvalue weighted by Gasteiger charge is 2.37. The van der Waals surface area contributed by atoms with E-state index in [0.29, 0.717) is 0 Å². The predicted octanol–water partition coefficient (Wildman–Crippen LogP) is 4.10. The van der Waals surface area contributed by atoms with Gasteiger partial charge >= 0.3 is 0 Å². The number of hydrogen-bond donors (Lipinski definition) is 1. The topological polar surface area (TPSA) is 68.3 Å². The first-order valence-electron chi connectivity index (χ1n) is 8.69. The molecule has 0 unspecified atom stereocenters. The predicted molar refractivity (Wildman–Crippen MR) is 96.9 cm³/mol. The van der Waals surface area contributed by atoms with Crippen LogP contribution >= 0.6 is 12.4 Å². The van der Waals surface area contributed by atoms with Gasteiger partial charge in [0, 0.05) is 6.04 Å². The van der Waals surface area contributed by atoms with Crippen LogP contribution in [0.1, 0.15) is 56.9 Å². The SMILES string of the molecule is COc1ccc([C@]2(C#N)CCC[C@@H](N)C2)cc1OC1CCCC1.Cl. The summed E-state index contributed by atoms with van der Waals surface area (Å²) in [7, 11) is 1.66. The molecule has 0 aliphatic heterocycles. The number of nitrogens with two attached hydrogens (primary N) is 1. The highest BCUT2D eigenvalue weighted by Crippen LogP contribution is 2.42. The van der Waals surface area contributed by atoms with Crippen LogP contribution < -0.4 is 15.2 Å². The van der Waals surface area contributed by atoms with Gasteiger partial charge in [-0.3, -0.25) is 0 Å². The Balaban J connectivity index is 0.00000208. The molecule has 3 rings (SSSR count). The van der Waals surface area contributed by atoms with Crippen LogP contribution in [0.25, 0.3) is 0 Å².